The number of rotatable bonds is 2. The first-order valence-corrected chi connectivity index (χ1v) is 20.6. The minimum atomic E-state index is -1.18. The maximum Gasteiger partial charge on any atom is 0.308 e. The van der Waals surface area contributed by atoms with Crippen LogP contribution in [-0.2, 0) is 32.7 Å². The lowest BCUT2D eigenvalue weighted by atomic mass is 9.71. The maximum absolute atomic E-state index is 15.0. The highest BCUT2D eigenvalue weighted by Gasteiger charge is 2.61. The van der Waals surface area contributed by atoms with Crippen molar-refractivity contribution in [3.05, 3.63) is 75.0 Å². The molecule has 1 aromatic heterocycles. The lowest BCUT2D eigenvalue weighted by molar-refractivity contribution is -0.133. The van der Waals surface area contributed by atoms with Crippen LogP contribution in [0.4, 0.5) is 0 Å². The number of aromatic nitrogens is 1. The molecule has 4 aromatic rings. The highest BCUT2D eigenvalue weighted by atomic mass is 32.2. The second-order valence-electron chi connectivity index (χ2n) is 16.3. The Kier molecular flexibility index (Phi) is 8.41. The van der Waals surface area contributed by atoms with Crippen LogP contribution in [0.5, 0.6) is 28.7 Å². The Hall–Kier alpha value is -4.78. The molecule has 2 fully saturated rings. The Balaban J connectivity index is 1.26. The van der Waals surface area contributed by atoms with E-state index in [1.165, 1.54) is 6.92 Å². The van der Waals surface area contributed by atoms with E-state index in [2.05, 4.69) is 45.2 Å². The van der Waals surface area contributed by atoms with Crippen molar-refractivity contribution in [2.75, 3.05) is 39.9 Å². The molecular formula is C43H45N5O8S. The number of nitrogens with zero attached hydrogens (tertiary/aromatic N) is 3. The Labute approximate surface area is 334 Å². The number of ether oxygens (including phenoxy) is 5. The minimum Gasteiger partial charge on any atom is -0.504 e. The predicted octanol–water partition coefficient (Wildman–Crippen LogP) is 5.19. The number of carbonyl (C=O) groups excluding carboxylic acids is 2. The molecule has 0 saturated carbocycles. The number of ketones is 1. The number of esters is 1. The van der Waals surface area contributed by atoms with Crippen molar-refractivity contribution in [3.63, 3.8) is 0 Å². The van der Waals surface area contributed by atoms with Gasteiger partial charge in [-0.1, -0.05) is 24.3 Å². The van der Waals surface area contributed by atoms with E-state index in [9.17, 15) is 20.0 Å². The summed E-state index contributed by atoms with van der Waals surface area (Å²) in [6.07, 6.45) is 1.26. The molecule has 57 heavy (non-hydrogen) atoms. The third kappa shape index (κ3) is 5.02. The zero-order valence-electron chi connectivity index (χ0n) is 32.7. The summed E-state index contributed by atoms with van der Waals surface area (Å²) in [7, 11) is 3.58. The van der Waals surface area contributed by atoms with Crippen molar-refractivity contribution < 1.29 is 38.4 Å². The van der Waals surface area contributed by atoms with Crippen LogP contribution in [0.3, 0.4) is 0 Å². The van der Waals surface area contributed by atoms with E-state index in [1.807, 2.05) is 39.1 Å². The van der Waals surface area contributed by atoms with Gasteiger partial charge in [-0.15, -0.1) is 11.8 Å². The van der Waals surface area contributed by atoms with Gasteiger partial charge in [-0.3, -0.25) is 24.7 Å². The number of para-hydroxylation sites is 1. The summed E-state index contributed by atoms with van der Waals surface area (Å²) in [6.45, 7) is 7.10. The second-order valence-corrected chi connectivity index (χ2v) is 17.5. The molecule has 8 atom stereocenters. The Morgan fingerprint density at radius 3 is 2.68 bits per heavy atom. The number of fused-ring (bicyclic) bond motifs is 12. The monoisotopic (exact) mass is 791 g/mol. The number of aromatic amines is 1. The number of aryl methyl sites for hydroxylation is 1. The molecule has 2 unspecified atom stereocenters. The molecule has 8 heterocycles. The molecule has 14 heteroatoms. The zero-order valence-corrected chi connectivity index (χ0v) is 33.5. The van der Waals surface area contributed by atoms with Gasteiger partial charge in [0.2, 0.25) is 6.79 Å². The predicted molar refractivity (Wildman–Crippen MR) is 211 cm³/mol. The molecular weight excluding hydrogens is 747 g/mol. The van der Waals surface area contributed by atoms with E-state index in [-0.39, 0.29) is 49.4 Å². The summed E-state index contributed by atoms with van der Waals surface area (Å²) in [5, 5.41) is 27.7. The van der Waals surface area contributed by atoms with Crippen molar-refractivity contribution in [2.24, 2.45) is 0 Å². The molecule has 11 rings (SSSR count). The number of nitrogens with one attached hydrogen (secondary N) is 2. The van der Waals surface area contributed by atoms with Crippen LogP contribution in [0.15, 0.2) is 30.3 Å². The van der Waals surface area contributed by atoms with E-state index in [4.69, 9.17) is 23.7 Å². The number of aromatic hydroxyl groups is 1. The molecule has 7 aliphatic rings. The topological polar surface area (TPSA) is 159 Å². The second kappa shape index (κ2) is 13.1. The quantitative estimate of drug-likeness (QED) is 0.180. The first-order chi connectivity index (χ1) is 27.5. The first kappa shape index (κ1) is 36.6. The van der Waals surface area contributed by atoms with E-state index in [0.717, 1.165) is 56.4 Å². The normalized spacial score (nSPS) is 30.2. The van der Waals surface area contributed by atoms with Gasteiger partial charge in [0.25, 0.3) is 0 Å². The van der Waals surface area contributed by atoms with E-state index in [0.29, 0.717) is 35.0 Å². The largest absolute Gasteiger partial charge is 0.504 e. The molecule has 7 aliphatic heterocycles. The van der Waals surface area contributed by atoms with Crippen molar-refractivity contribution in [1.29, 1.82) is 5.26 Å². The van der Waals surface area contributed by atoms with Gasteiger partial charge in [0.05, 0.1) is 37.1 Å². The van der Waals surface area contributed by atoms with Crippen molar-refractivity contribution in [2.45, 2.75) is 87.6 Å². The number of benzene rings is 3. The third-order valence-corrected chi connectivity index (χ3v) is 14.7. The number of likely N-dealkylation sites (N-methyl/N-ethyl adjacent to an activating group) is 1. The zero-order chi connectivity index (χ0) is 39.7. The maximum atomic E-state index is 15.0. The number of carbonyl (C=O) groups is 2. The summed E-state index contributed by atoms with van der Waals surface area (Å²) in [5.41, 5.74) is 6.32. The molecule has 1 spiro atoms. The molecule has 3 aromatic carbocycles. The molecule has 0 radical (unpaired) electrons. The summed E-state index contributed by atoms with van der Waals surface area (Å²) in [4.78, 5) is 36.2. The highest BCUT2D eigenvalue weighted by Crippen LogP contribution is 2.64. The van der Waals surface area contributed by atoms with Crippen molar-refractivity contribution in [3.8, 4) is 34.8 Å². The average molecular weight is 792 g/mol. The number of nitriles is 1. The van der Waals surface area contributed by atoms with Gasteiger partial charge < -0.3 is 33.8 Å². The standard InChI is InChI=1S/C43H45N5O8S/c1-19-11-23-13-27-28(14-44)48-29-15-53-16-30(50)43(42-25(12-20(2)46-43)24-9-7-8-10-26(24)45-42)17-57-41(35(48)34(47(27)5)31(23)36(51)37(19)52-6)33-32(29)40-39(54-18-55-40)21(3)38(33)56-22(4)49/h7-11,20,27-29,34-35,41,45-46,51H,12-13,15-18H2,1-6H3/t20?,27-,28-,29-,34+,35?,41+,43-/m0/s1. The van der Waals surface area contributed by atoms with Crippen LogP contribution < -0.4 is 24.3 Å². The van der Waals surface area contributed by atoms with Gasteiger partial charge in [0.1, 0.15) is 23.9 Å². The van der Waals surface area contributed by atoms with Gasteiger partial charge >= 0.3 is 5.97 Å². The van der Waals surface area contributed by atoms with E-state index < -0.39 is 40.9 Å². The van der Waals surface area contributed by atoms with Gasteiger partial charge in [-0.05, 0) is 63.4 Å². The molecule has 296 valence electrons. The number of hydrogen-bond acceptors (Lipinski definition) is 13. The molecule has 13 nitrogen and oxygen atoms in total. The van der Waals surface area contributed by atoms with E-state index in [1.54, 1.807) is 18.9 Å². The fourth-order valence-corrected chi connectivity index (χ4v) is 12.8. The number of methoxy groups -OCH3 is 1. The van der Waals surface area contributed by atoms with Crippen LogP contribution in [0, 0.1) is 25.2 Å². The first-order valence-electron chi connectivity index (χ1n) is 19.5. The van der Waals surface area contributed by atoms with Gasteiger partial charge in [-0.25, -0.2) is 0 Å². The van der Waals surface area contributed by atoms with Crippen LogP contribution >= 0.6 is 11.8 Å². The van der Waals surface area contributed by atoms with Crippen LogP contribution in [0.25, 0.3) is 10.9 Å². The third-order valence-electron chi connectivity index (χ3n) is 13.3. The number of thioether (sulfide) groups is 1. The summed E-state index contributed by atoms with van der Waals surface area (Å²) < 4.78 is 31.0. The molecule has 0 amide bonds. The van der Waals surface area contributed by atoms with Crippen molar-refractivity contribution in [1.82, 2.24) is 20.1 Å². The van der Waals surface area contributed by atoms with Crippen LogP contribution in [0.2, 0.25) is 0 Å². The SMILES string of the molecule is COc1c(C)cc2c(c1O)[C@@H]1C3[C@@H]4SC[C@]5(NC(C)Cc6c5[nH]c5ccccc65)C(=O)COC[C@@H](c5c6c(c(C)c(OC(C)=O)c54)OCO6)N3[C@@H](C#N)[C@H](C2)N1C. The highest BCUT2D eigenvalue weighted by molar-refractivity contribution is 7.99. The van der Waals surface area contributed by atoms with Gasteiger partial charge in [-0.2, -0.15) is 5.26 Å². The fourth-order valence-electron chi connectivity index (χ4n) is 11.1. The van der Waals surface area contributed by atoms with E-state index >= 15 is 0 Å². The number of Topliss-reactive ketones (excluding diaryl/α,β-unsaturated/α-hetero) is 1. The number of phenols is 1. The Morgan fingerprint density at radius 2 is 1.91 bits per heavy atom. The van der Waals surface area contributed by atoms with Gasteiger partial charge in [0, 0.05) is 69.7 Å². The molecule has 0 aliphatic carbocycles. The van der Waals surface area contributed by atoms with Gasteiger partial charge in [0.15, 0.2) is 28.8 Å². The number of piperazine rings is 1. The smallest absolute Gasteiger partial charge is 0.308 e. The lowest BCUT2D eigenvalue weighted by Gasteiger charge is -2.61. The Bertz CT molecular complexity index is 2440. The molecule has 4 bridgehead atoms. The fraction of sp³-hybridized carbons (Fsp3) is 0.465. The van der Waals surface area contributed by atoms with Crippen LogP contribution in [-0.4, -0.2) is 95.7 Å². The number of hydrogen-bond donors (Lipinski definition) is 3. The summed E-state index contributed by atoms with van der Waals surface area (Å²) in [5.74, 6) is 1.55. The molecule has 3 N–H and O–H groups in total. The minimum absolute atomic E-state index is 0.0242. The van der Waals surface area contributed by atoms with Crippen LogP contribution in [0.1, 0.15) is 75.8 Å². The average Bonchev–Trinajstić information content (AvgIpc) is 3.81. The van der Waals surface area contributed by atoms with Crippen molar-refractivity contribution >= 4 is 34.4 Å². The Morgan fingerprint density at radius 1 is 1.12 bits per heavy atom. The summed E-state index contributed by atoms with van der Waals surface area (Å²) >= 11 is 1.59. The number of phenolic OH excluding ortho intramolecular Hbond substituents is 1. The number of H-pyrrole nitrogens is 1. The summed E-state index contributed by atoms with van der Waals surface area (Å²) in [6, 6.07) is 10.4. The lowest BCUT2D eigenvalue weighted by Crippen LogP contribution is -2.69. The molecule has 2 saturated heterocycles.